The molecule has 0 heterocycles. The van der Waals surface area contributed by atoms with Gasteiger partial charge < -0.3 is 9.05 Å². The molecule has 0 aliphatic rings. The summed E-state index contributed by atoms with van der Waals surface area (Å²) in [6, 6.07) is 16.5. The Morgan fingerprint density at radius 1 is 0.920 bits per heavy atom. The largest absolute Gasteiger partial charge is 0.352 e. The van der Waals surface area contributed by atoms with E-state index >= 15 is 0 Å². The molecule has 0 spiro atoms. The van der Waals surface area contributed by atoms with Crippen molar-refractivity contribution in [2.45, 2.75) is 24.5 Å². The van der Waals surface area contributed by atoms with E-state index < -0.39 is 23.4 Å². The summed E-state index contributed by atoms with van der Waals surface area (Å²) in [5.74, 6) is -1.14. The van der Waals surface area contributed by atoms with Gasteiger partial charge in [-0.1, -0.05) is 48.5 Å². The maximum Gasteiger partial charge on any atom is 0.352 e. The molecule has 6 nitrogen and oxygen atoms in total. The Labute approximate surface area is 148 Å². The second-order valence-corrected chi connectivity index (χ2v) is 8.95. The molecule has 0 aromatic heterocycles. The van der Waals surface area contributed by atoms with Gasteiger partial charge in [0, 0.05) is 0 Å². The van der Waals surface area contributed by atoms with Crippen molar-refractivity contribution >= 4 is 17.6 Å². The summed E-state index contributed by atoms with van der Waals surface area (Å²) in [4.78, 5) is 0.0791. The van der Waals surface area contributed by atoms with Crippen LogP contribution in [0.4, 0.5) is 0 Å². The molecule has 1 unspecified atom stereocenters. The molecule has 1 atom stereocenters. The second kappa shape index (κ2) is 8.74. The van der Waals surface area contributed by atoms with Gasteiger partial charge in [0.2, 0.25) is 10.0 Å². The average molecular weight is 383 g/mol. The molecule has 2 aromatic rings. The number of benzene rings is 2. The van der Waals surface area contributed by atoms with Crippen LogP contribution in [0.3, 0.4) is 0 Å². The van der Waals surface area contributed by atoms with Gasteiger partial charge in [-0.05, 0) is 31.5 Å². The van der Waals surface area contributed by atoms with Crippen molar-refractivity contribution in [2.24, 2.45) is 0 Å². The zero-order valence-corrected chi connectivity index (χ0v) is 15.9. The number of hydrogen-bond donors (Lipinski definition) is 1. The summed E-state index contributed by atoms with van der Waals surface area (Å²) >= 11 is 0. The summed E-state index contributed by atoms with van der Waals surface area (Å²) in [6.07, 6.45) is 0. The Morgan fingerprint density at radius 2 is 1.40 bits per heavy atom. The summed E-state index contributed by atoms with van der Waals surface area (Å²) in [5, 5.41) is 0. The van der Waals surface area contributed by atoms with Crippen LogP contribution in [-0.2, 0) is 23.6 Å². The summed E-state index contributed by atoms with van der Waals surface area (Å²) in [7, 11) is -7.67. The summed E-state index contributed by atoms with van der Waals surface area (Å²) in [5.41, 5.74) is 0.507. The molecule has 2 aromatic carbocycles. The number of nitrogens with one attached hydrogen (secondary N) is 1. The lowest BCUT2D eigenvalue weighted by molar-refractivity contribution is 0.210. The third-order valence-electron chi connectivity index (χ3n) is 3.37. The third-order valence-corrected chi connectivity index (χ3v) is 7.28. The highest BCUT2D eigenvalue weighted by Gasteiger charge is 2.39. The molecule has 0 amide bonds. The van der Waals surface area contributed by atoms with Crippen LogP contribution in [0.1, 0.15) is 25.2 Å². The minimum absolute atomic E-state index is 0.0791. The van der Waals surface area contributed by atoms with Gasteiger partial charge in [-0.3, -0.25) is 4.57 Å². The van der Waals surface area contributed by atoms with E-state index in [9.17, 15) is 13.0 Å². The van der Waals surface area contributed by atoms with Crippen molar-refractivity contribution in [2.75, 3.05) is 13.2 Å². The highest BCUT2D eigenvalue weighted by molar-refractivity contribution is 7.89. The van der Waals surface area contributed by atoms with Gasteiger partial charge in [0.05, 0.1) is 18.1 Å². The highest BCUT2D eigenvalue weighted by atomic mass is 32.2. The molecule has 8 heteroatoms. The van der Waals surface area contributed by atoms with E-state index in [1.807, 2.05) is 0 Å². The van der Waals surface area contributed by atoms with Gasteiger partial charge in [-0.15, -0.1) is 0 Å². The lowest BCUT2D eigenvalue weighted by atomic mass is 10.2. The molecule has 0 radical (unpaired) electrons. The fourth-order valence-corrected chi connectivity index (χ4v) is 5.96. The van der Waals surface area contributed by atoms with Crippen LogP contribution in [0, 0.1) is 0 Å². The van der Waals surface area contributed by atoms with Crippen LogP contribution in [-0.4, -0.2) is 21.6 Å². The SMILES string of the molecule is CCOP(=O)(OCC)C(NS(=O)(=O)c1ccccc1)c1ccccc1. The van der Waals surface area contributed by atoms with Crippen LogP contribution in [0.5, 0.6) is 0 Å². The van der Waals surface area contributed by atoms with E-state index in [1.54, 1.807) is 62.4 Å². The lowest BCUT2D eigenvalue weighted by Crippen LogP contribution is -2.30. The zero-order chi connectivity index (χ0) is 18.3. The van der Waals surface area contributed by atoms with Crippen LogP contribution in [0.15, 0.2) is 65.6 Å². The van der Waals surface area contributed by atoms with E-state index in [2.05, 4.69) is 4.72 Å². The minimum atomic E-state index is -3.91. The molecular formula is C17H22NO5PS. The van der Waals surface area contributed by atoms with Gasteiger partial charge in [-0.2, -0.15) is 4.72 Å². The minimum Gasteiger partial charge on any atom is -0.308 e. The quantitative estimate of drug-likeness (QED) is 0.664. The normalized spacial score (nSPS) is 13.5. The first-order valence-corrected chi connectivity index (χ1v) is 11.0. The molecule has 0 saturated heterocycles. The van der Waals surface area contributed by atoms with Gasteiger partial charge in [-0.25, -0.2) is 8.42 Å². The Bertz CT molecular complexity index is 801. The van der Waals surface area contributed by atoms with Crippen molar-refractivity contribution in [3.05, 3.63) is 66.2 Å². The van der Waals surface area contributed by atoms with E-state index in [0.717, 1.165) is 0 Å². The fraction of sp³-hybridized carbons (Fsp3) is 0.294. The molecule has 0 bridgehead atoms. The van der Waals surface area contributed by atoms with Gasteiger partial charge in [0.1, 0.15) is 5.78 Å². The monoisotopic (exact) mass is 383 g/mol. The number of hydrogen-bond acceptors (Lipinski definition) is 5. The molecule has 1 N–H and O–H groups in total. The van der Waals surface area contributed by atoms with Crippen LogP contribution in [0.2, 0.25) is 0 Å². The number of sulfonamides is 1. The average Bonchev–Trinajstić information content (AvgIpc) is 2.61. The lowest BCUT2D eigenvalue weighted by Gasteiger charge is -2.27. The second-order valence-electron chi connectivity index (χ2n) is 5.12. The standard InChI is InChI=1S/C17H22NO5PS/c1-3-22-24(19,23-4-2)17(15-11-7-5-8-12-15)18-25(20,21)16-13-9-6-10-14-16/h5-14,17-18H,3-4H2,1-2H3. The molecule has 0 saturated carbocycles. The molecule has 0 fully saturated rings. The van der Waals surface area contributed by atoms with Crippen LogP contribution in [0.25, 0.3) is 0 Å². The highest BCUT2D eigenvalue weighted by Crippen LogP contribution is 2.59. The predicted octanol–water partition coefficient (Wildman–Crippen LogP) is 3.93. The topological polar surface area (TPSA) is 81.7 Å². The van der Waals surface area contributed by atoms with Crippen LogP contribution >= 0.6 is 7.60 Å². The maximum atomic E-state index is 13.3. The Morgan fingerprint density at radius 3 is 1.88 bits per heavy atom. The first kappa shape index (κ1) is 19.8. The van der Waals surface area contributed by atoms with E-state index in [1.165, 1.54) is 12.1 Å². The van der Waals surface area contributed by atoms with Crippen molar-refractivity contribution < 1.29 is 22.0 Å². The van der Waals surface area contributed by atoms with Gasteiger partial charge in [0.25, 0.3) is 0 Å². The van der Waals surface area contributed by atoms with E-state index in [-0.39, 0.29) is 18.1 Å². The van der Waals surface area contributed by atoms with Crippen LogP contribution < -0.4 is 4.72 Å². The van der Waals surface area contributed by atoms with Crippen molar-refractivity contribution in [1.82, 2.24) is 4.72 Å². The molecule has 2 rings (SSSR count). The summed E-state index contributed by atoms with van der Waals surface area (Å²) in [6.45, 7) is 3.63. The molecule has 0 aliphatic heterocycles. The zero-order valence-electron chi connectivity index (χ0n) is 14.2. The summed E-state index contributed by atoms with van der Waals surface area (Å²) < 4.78 is 52.0. The first-order valence-electron chi connectivity index (χ1n) is 7.94. The van der Waals surface area contributed by atoms with Crippen molar-refractivity contribution in [3.63, 3.8) is 0 Å². The Kier molecular flexibility index (Phi) is 6.93. The first-order chi connectivity index (χ1) is 11.9. The maximum absolute atomic E-state index is 13.3. The Balaban J connectivity index is 2.47. The van der Waals surface area contributed by atoms with E-state index in [4.69, 9.17) is 9.05 Å². The number of rotatable bonds is 9. The fourth-order valence-electron chi connectivity index (χ4n) is 2.31. The molecule has 25 heavy (non-hydrogen) atoms. The van der Waals surface area contributed by atoms with Gasteiger partial charge in [0.15, 0.2) is 0 Å². The Hall–Kier alpha value is -1.50. The smallest absolute Gasteiger partial charge is 0.308 e. The molecule has 136 valence electrons. The predicted molar refractivity (Wildman–Crippen MR) is 96.8 cm³/mol. The van der Waals surface area contributed by atoms with Crippen molar-refractivity contribution in [3.8, 4) is 0 Å². The van der Waals surface area contributed by atoms with Gasteiger partial charge >= 0.3 is 7.60 Å². The third kappa shape index (κ3) is 5.00. The molecular weight excluding hydrogens is 361 g/mol. The van der Waals surface area contributed by atoms with E-state index in [0.29, 0.717) is 5.56 Å². The molecule has 0 aliphatic carbocycles. The van der Waals surface area contributed by atoms with Crippen molar-refractivity contribution in [1.29, 1.82) is 0 Å².